The molecule has 1 heterocycles. The van der Waals surface area contributed by atoms with Crippen molar-refractivity contribution in [3.05, 3.63) is 76.4 Å². The van der Waals surface area contributed by atoms with Gasteiger partial charge < -0.3 is 0 Å². The van der Waals surface area contributed by atoms with Crippen molar-refractivity contribution >= 4 is 32.6 Å². The van der Waals surface area contributed by atoms with E-state index in [2.05, 4.69) is 20.9 Å². The van der Waals surface area contributed by atoms with Gasteiger partial charge in [0.2, 0.25) is 0 Å². The number of pyridine rings is 1. The molecule has 0 spiro atoms. The number of hydrogen-bond acceptors (Lipinski definition) is 2. The number of fused-ring (bicyclic) bond motifs is 1. The molecule has 2 nitrogen and oxygen atoms in total. The van der Waals surface area contributed by atoms with E-state index in [9.17, 15) is 4.79 Å². The molecule has 3 heteroatoms. The zero-order chi connectivity index (χ0) is 13.9. The van der Waals surface area contributed by atoms with Gasteiger partial charge in [-0.25, -0.2) is 0 Å². The van der Waals surface area contributed by atoms with Crippen LogP contribution in [0.25, 0.3) is 10.9 Å². The molecule has 0 bridgehead atoms. The Kier molecular flexibility index (Phi) is 3.61. The number of nitrogens with zero attached hydrogens (tertiary/aromatic N) is 1. The monoisotopic (exact) mass is 325 g/mol. The quantitative estimate of drug-likeness (QED) is 0.667. The highest BCUT2D eigenvalue weighted by atomic mass is 79.9. The lowest BCUT2D eigenvalue weighted by molar-refractivity contribution is 0.0993. The molecule has 20 heavy (non-hydrogen) atoms. The molecule has 0 radical (unpaired) electrons. The van der Waals surface area contributed by atoms with Crippen molar-refractivity contribution in [3.8, 4) is 0 Å². The first-order chi connectivity index (χ1) is 9.72. The van der Waals surface area contributed by atoms with Crippen LogP contribution in [0.4, 0.5) is 0 Å². The van der Waals surface area contributed by atoms with Crippen LogP contribution in [0.15, 0.2) is 65.3 Å². The van der Waals surface area contributed by atoms with Gasteiger partial charge in [0.1, 0.15) is 0 Å². The third kappa shape index (κ3) is 2.78. The van der Waals surface area contributed by atoms with Gasteiger partial charge in [0.05, 0.1) is 5.52 Å². The number of carbonyl (C=O) groups is 1. The van der Waals surface area contributed by atoms with Crippen LogP contribution in [-0.2, 0) is 6.42 Å². The van der Waals surface area contributed by atoms with E-state index in [1.807, 2.05) is 54.6 Å². The van der Waals surface area contributed by atoms with Crippen molar-refractivity contribution in [2.24, 2.45) is 0 Å². The Morgan fingerprint density at radius 2 is 1.85 bits per heavy atom. The highest BCUT2D eigenvalue weighted by Crippen LogP contribution is 2.19. The molecule has 0 aliphatic rings. The molecular weight excluding hydrogens is 314 g/mol. The van der Waals surface area contributed by atoms with Crippen molar-refractivity contribution in [1.82, 2.24) is 4.98 Å². The number of carbonyl (C=O) groups excluding carboxylic acids is 1. The molecule has 0 amide bonds. The maximum absolute atomic E-state index is 12.2. The number of hydrogen-bond donors (Lipinski definition) is 0. The molecule has 0 aliphatic carbocycles. The molecule has 1 aromatic heterocycles. The van der Waals surface area contributed by atoms with Gasteiger partial charge in [-0.3, -0.25) is 9.78 Å². The van der Waals surface area contributed by atoms with Crippen LogP contribution in [0.5, 0.6) is 0 Å². The minimum absolute atomic E-state index is 0.132. The van der Waals surface area contributed by atoms with Gasteiger partial charge in [0.25, 0.3) is 0 Å². The van der Waals surface area contributed by atoms with E-state index in [0.717, 1.165) is 26.5 Å². The molecule has 0 fully saturated rings. The van der Waals surface area contributed by atoms with Gasteiger partial charge >= 0.3 is 0 Å². The molecule has 98 valence electrons. The highest BCUT2D eigenvalue weighted by Gasteiger charge is 2.07. The van der Waals surface area contributed by atoms with Crippen LogP contribution in [-0.4, -0.2) is 10.8 Å². The fourth-order valence-electron chi connectivity index (χ4n) is 2.18. The van der Waals surface area contributed by atoms with Crippen molar-refractivity contribution in [3.63, 3.8) is 0 Å². The summed E-state index contributed by atoms with van der Waals surface area (Å²) in [6.45, 7) is 0. The van der Waals surface area contributed by atoms with Gasteiger partial charge in [0.15, 0.2) is 5.78 Å². The molecule has 0 saturated carbocycles. The second kappa shape index (κ2) is 5.55. The van der Waals surface area contributed by atoms with E-state index in [4.69, 9.17) is 0 Å². The van der Waals surface area contributed by atoms with E-state index in [-0.39, 0.29) is 5.78 Å². The lowest BCUT2D eigenvalue weighted by atomic mass is 10.0. The summed E-state index contributed by atoms with van der Waals surface area (Å²) in [6.07, 6.45) is 2.18. The summed E-state index contributed by atoms with van der Waals surface area (Å²) in [5.74, 6) is 0.132. The summed E-state index contributed by atoms with van der Waals surface area (Å²) in [4.78, 5) is 16.5. The SMILES string of the molecule is O=C(Cc1ccc2ncc(Br)cc2c1)c1ccccc1. The van der Waals surface area contributed by atoms with E-state index < -0.39 is 0 Å². The van der Waals surface area contributed by atoms with Crippen LogP contribution in [0, 0.1) is 0 Å². The second-order valence-electron chi connectivity index (χ2n) is 4.65. The molecular formula is C17H12BrNO. The zero-order valence-corrected chi connectivity index (χ0v) is 12.3. The lowest BCUT2D eigenvalue weighted by Gasteiger charge is -2.04. The number of benzene rings is 2. The van der Waals surface area contributed by atoms with E-state index in [1.165, 1.54) is 0 Å². The number of rotatable bonds is 3. The molecule has 0 unspecified atom stereocenters. The van der Waals surface area contributed by atoms with E-state index in [1.54, 1.807) is 6.20 Å². The van der Waals surface area contributed by atoms with Crippen LogP contribution in [0.3, 0.4) is 0 Å². The number of aromatic nitrogens is 1. The summed E-state index contributed by atoms with van der Waals surface area (Å²) >= 11 is 3.42. The summed E-state index contributed by atoms with van der Waals surface area (Å²) in [5.41, 5.74) is 2.69. The Labute approximate surface area is 125 Å². The topological polar surface area (TPSA) is 30.0 Å². The maximum Gasteiger partial charge on any atom is 0.167 e. The van der Waals surface area contributed by atoms with Gasteiger partial charge in [-0.2, -0.15) is 0 Å². The third-order valence-electron chi connectivity index (χ3n) is 3.17. The molecule has 0 atom stereocenters. The first-order valence-electron chi connectivity index (χ1n) is 6.35. The average Bonchev–Trinajstić information content (AvgIpc) is 2.47. The minimum Gasteiger partial charge on any atom is -0.294 e. The maximum atomic E-state index is 12.2. The van der Waals surface area contributed by atoms with Gasteiger partial charge in [-0.15, -0.1) is 0 Å². The first kappa shape index (κ1) is 13.0. The third-order valence-corrected chi connectivity index (χ3v) is 3.61. The standard InChI is InChI=1S/C17H12BrNO/c18-15-10-14-8-12(6-7-16(14)19-11-15)9-17(20)13-4-2-1-3-5-13/h1-8,10-11H,9H2. The predicted octanol–water partition coefficient (Wildman–Crippen LogP) is 4.42. The van der Waals surface area contributed by atoms with Gasteiger partial charge in [-0.1, -0.05) is 36.4 Å². The fraction of sp³-hybridized carbons (Fsp3) is 0.0588. The first-order valence-corrected chi connectivity index (χ1v) is 7.14. The largest absolute Gasteiger partial charge is 0.294 e. The predicted molar refractivity (Wildman–Crippen MR) is 83.9 cm³/mol. The smallest absolute Gasteiger partial charge is 0.167 e. The van der Waals surface area contributed by atoms with Crippen molar-refractivity contribution in [2.75, 3.05) is 0 Å². The van der Waals surface area contributed by atoms with Crippen LogP contribution in [0.1, 0.15) is 15.9 Å². The van der Waals surface area contributed by atoms with Crippen LogP contribution in [0.2, 0.25) is 0 Å². The molecule has 3 aromatic rings. The van der Waals surface area contributed by atoms with Crippen LogP contribution >= 0.6 is 15.9 Å². The van der Waals surface area contributed by atoms with Crippen LogP contribution < -0.4 is 0 Å². The number of ketones is 1. The number of halogens is 1. The van der Waals surface area contributed by atoms with Crippen molar-refractivity contribution in [1.29, 1.82) is 0 Å². The Bertz CT molecular complexity index is 768. The van der Waals surface area contributed by atoms with Crippen molar-refractivity contribution < 1.29 is 4.79 Å². The summed E-state index contributed by atoms with van der Waals surface area (Å²) < 4.78 is 0.941. The molecule has 0 saturated heterocycles. The molecule has 0 aliphatic heterocycles. The summed E-state index contributed by atoms with van der Waals surface area (Å²) in [5, 5.41) is 1.04. The molecule has 2 aromatic carbocycles. The summed E-state index contributed by atoms with van der Waals surface area (Å²) in [7, 11) is 0. The lowest BCUT2D eigenvalue weighted by Crippen LogP contribution is -2.03. The van der Waals surface area contributed by atoms with E-state index in [0.29, 0.717) is 6.42 Å². The minimum atomic E-state index is 0.132. The Hall–Kier alpha value is -2.00. The van der Waals surface area contributed by atoms with Gasteiger partial charge in [0, 0.05) is 28.0 Å². The van der Waals surface area contributed by atoms with E-state index >= 15 is 0 Å². The Balaban J connectivity index is 1.89. The highest BCUT2D eigenvalue weighted by molar-refractivity contribution is 9.10. The van der Waals surface area contributed by atoms with Crippen molar-refractivity contribution in [2.45, 2.75) is 6.42 Å². The Morgan fingerprint density at radius 1 is 1.05 bits per heavy atom. The summed E-state index contributed by atoms with van der Waals surface area (Å²) in [6, 6.07) is 17.3. The molecule has 3 rings (SSSR count). The normalized spacial score (nSPS) is 10.7. The Morgan fingerprint density at radius 3 is 2.65 bits per heavy atom. The zero-order valence-electron chi connectivity index (χ0n) is 10.7. The fourth-order valence-corrected chi connectivity index (χ4v) is 2.52. The van der Waals surface area contributed by atoms with Gasteiger partial charge in [-0.05, 0) is 39.7 Å². The second-order valence-corrected chi connectivity index (χ2v) is 5.56. The molecule has 0 N–H and O–H groups in total. The number of Topliss-reactive ketones (excluding diaryl/α,β-unsaturated/α-hetero) is 1. The average molecular weight is 326 g/mol.